The molecule has 0 fully saturated rings. The zero-order chi connectivity index (χ0) is 18.3. The predicted octanol–water partition coefficient (Wildman–Crippen LogP) is 4.39. The number of nitrogens with zero attached hydrogens (tertiary/aromatic N) is 1. The van der Waals surface area contributed by atoms with E-state index in [1.54, 1.807) is 11.3 Å². The number of fused-ring (bicyclic) bond motifs is 1. The SMILES string of the molecule is Cc1cc(C)c(-c2cc(NC(=O)c3cc4c(s3)CCOC4)n[nH]2)cc1C. The van der Waals surface area contributed by atoms with Gasteiger partial charge in [-0.25, -0.2) is 0 Å². The van der Waals surface area contributed by atoms with Gasteiger partial charge in [-0.3, -0.25) is 9.89 Å². The topological polar surface area (TPSA) is 67.0 Å². The molecular formula is C20H21N3O2S. The monoisotopic (exact) mass is 367 g/mol. The van der Waals surface area contributed by atoms with Crippen LogP contribution >= 0.6 is 11.3 Å². The minimum Gasteiger partial charge on any atom is -0.376 e. The molecule has 0 bridgehead atoms. The summed E-state index contributed by atoms with van der Waals surface area (Å²) in [7, 11) is 0. The van der Waals surface area contributed by atoms with Crippen LogP contribution in [0.1, 0.15) is 36.8 Å². The molecule has 0 unspecified atom stereocenters. The zero-order valence-corrected chi connectivity index (χ0v) is 15.9. The maximum atomic E-state index is 12.5. The van der Waals surface area contributed by atoms with Crippen LogP contribution < -0.4 is 5.32 Å². The highest BCUT2D eigenvalue weighted by molar-refractivity contribution is 7.14. The maximum absolute atomic E-state index is 12.5. The summed E-state index contributed by atoms with van der Waals surface area (Å²) in [4.78, 5) is 14.5. The number of amides is 1. The van der Waals surface area contributed by atoms with Crippen molar-refractivity contribution in [2.45, 2.75) is 33.8 Å². The second-order valence-electron chi connectivity index (χ2n) is 6.73. The Hall–Kier alpha value is -2.44. The van der Waals surface area contributed by atoms with Crippen molar-refractivity contribution in [1.29, 1.82) is 0 Å². The third kappa shape index (κ3) is 3.18. The molecule has 1 aromatic carbocycles. The highest BCUT2D eigenvalue weighted by Gasteiger charge is 2.18. The van der Waals surface area contributed by atoms with Crippen LogP contribution in [-0.2, 0) is 17.8 Å². The van der Waals surface area contributed by atoms with Gasteiger partial charge in [0.2, 0.25) is 0 Å². The summed E-state index contributed by atoms with van der Waals surface area (Å²) >= 11 is 1.54. The van der Waals surface area contributed by atoms with Crippen LogP contribution in [-0.4, -0.2) is 22.7 Å². The summed E-state index contributed by atoms with van der Waals surface area (Å²) in [5, 5.41) is 10.2. The molecule has 0 saturated carbocycles. The van der Waals surface area contributed by atoms with E-state index in [9.17, 15) is 4.79 Å². The molecule has 1 aliphatic heterocycles. The van der Waals surface area contributed by atoms with Gasteiger partial charge < -0.3 is 10.1 Å². The number of anilines is 1. The van der Waals surface area contributed by atoms with Gasteiger partial charge in [0.05, 0.1) is 23.8 Å². The third-order valence-corrected chi connectivity index (χ3v) is 6.04. The van der Waals surface area contributed by atoms with Gasteiger partial charge in [-0.05, 0) is 55.2 Å². The Labute approximate surface area is 156 Å². The number of aromatic amines is 1. The lowest BCUT2D eigenvalue weighted by molar-refractivity contribution is 0.102. The lowest BCUT2D eigenvalue weighted by Crippen LogP contribution is -2.10. The van der Waals surface area contributed by atoms with Gasteiger partial charge in [0.1, 0.15) is 0 Å². The first kappa shape index (κ1) is 17.0. The van der Waals surface area contributed by atoms with Gasteiger partial charge in [0.15, 0.2) is 5.82 Å². The van der Waals surface area contributed by atoms with Crippen molar-refractivity contribution in [1.82, 2.24) is 10.2 Å². The van der Waals surface area contributed by atoms with E-state index in [2.05, 4.69) is 48.4 Å². The van der Waals surface area contributed by atoms with Gasteiger partial charge in [-0.2, -0.15) is 5.10 Å². The number of nitrogens with one attached hydrogen (secondary N) is 2. The molecule has 2 aromatic heterocycles. The number of hydrogen-bond acceptors (Lipinski definition) is 4. The summed E-state index contributed by atoms with van der Waals surface area (Å²) in [5.41, 5.74) is 6.81. The molecule has 0 radical (unpaired) electrons. The first-order valence-corrected chi connectivity index (χ1v) is 9.47. The highest BCUT2D eigenvalue weighted by atomic mass is 32.1. The largest absolute Gasteiger partial charge is 0.376 e. The first-order chi connectivity index (χ1) is 12.5. The van der Waals surface area contributed by atoms with Gasteiger partial charge in [-0.1, -0.05) is 6.07 Å². The van der Waals surface area contributed by atoms with Crippen LogP contribution in [0, 0.1) is 20.8 Å². The van der Waals surface area contributed by atoms with E-state index in [1.165, 1.54) is 21.6 Å². The van der Waals surface area contributed by atoms with Crippen LogP contribution in [0.3, 0.4) is 0 Å². The van der Waals surface area contributed by atoms with Gasteiger partial charge >= 0.3 is 0 Å². The van der Waals surface area contributed by atoms with Crippen LogP contribution in [0.5, 0.6) is 0 Å². The molecular weight excluding hydrogens is 346 g/mol. The Morgan fingerprint density at radius 2 is 1.96 bits per heavy atom. The molecule has 3 heterocycles. The number of H-pyrrole nitrogens is 1. The maximum Gasteiger partial charge on any atom is 0.266 e. The van der Waals surface area contributed by atoms with Crippen LogP contribution in [0.2, 0.25) is 0 Å². The molecule has 5 nitrogen and oxygen atoms in total. The van der Waals surface area contributed by atoms with Crippen LogP contribution in [0.15, 0.2) is 24.3 Å². The zero-order valence-electron chi connectivity index (χ0n) is 15.1. The van der Waals surface area contributed by atoms with E-state index in [4.69, 9.17) is 4.74 Å². The number of rotatable bonds is 3. The molecule has 2 N–H and O–H groups in total. The number of benzene rings is 1. The molecule has 0 spiro atoms. The molecule has 0 atom stereocenters. The summed E-state index contributed by atoms with van der Waals surface area (Å²) < 4.78 is 5.45. The second-order valence-corrected chi connectivity index (χ2v) is 7.87. The van der Waals surface area contributed by atoms with Crippen molar-refractivity contribution in [3.05, 3.63) is 56.3 Å². The Kier molecular flexibility index (Phi) is 4.38. The summed E-state index contributed by atoms with van der Waals surface area (Å²) in [6.45, 7) is 7.61. The highest BCUT2D eigenvalue weighted by Crippen LogP contribution is 2.29. The molecule has 1 amide bonds. The Bertz CT molecular complexity index is 964. The fraction of sp³-hybridized carbons (Fsp3) is 0.300. The molecule has 134 valence electrons. The van der Waals surface area contributed by atoms with Crippen LogP contribution in [0.25, 0.3) is 11.3 Å². The van der Waals surface area contributed by atoms with Crippen molar-refractivity contribution < 1.29 is 9.53 Å². The van der Waals surface area contributed by atoms with Crippen molar-refractivity contribution >= 4 is 23.1 Å². The number of aromatic nitrogens is 2. The van der Waals surface area contributed by atoms with E-state index in [-0.39, 0.29) is 5.91 Å². The molecule has 4 rings (SSSR count). The fourth-order valence-electron chi connectivity index (χ4n) is 3.21. The standard InChI is InChI=1S/C20H21N3O2S/c1-11-6-13(3)15(7-12(11)2)16-9-19(23-22-16)21-20(24)18-8-14-10-25-5-4-17(14)26-18/h6-9H,4-5,10H2,1-3H3,(H2,21,22,23,24). The smallest absolute Gasteiger partial charge is 0.266 e. The average Bonchev–Trinajstić information content (AvgIpc) is 3.24. The quantitative estimate of drug-likeness (QED) is 0.721. The van der Waals surface area contributed by atoms with Gasteiger partial charge in [0.25, 0.3) is 5.91 Å². The minimum atomic E-state index is -0.126. The summed E-state index contributed by atoms with van der Waals surface area (Å²) in [5.74, 6) is 0.407. The van der Waals surface area contributed by atoms with Gasteiger partial charge in [0, 0.05) is 22.9 Å². The molecule has 0 aliphatic carbocycles. The third-order valence-electron chi connectivity index (χ3n) is 4.80. The first-order valence-electron chi connectivity index (χ1n) is 8.65. The lowest BCUT2D eigenvalue weighted by Gasteiger charge is -2.10. The molecule has 0 saturated heterocycles. The number of carbonyl (C=O) groups excluding carboxylic acids is 1. The van der Waals surface area contributed by atoms with Crippen molar-refractivity contribution in [2.24, 2.45) is 0 Å². The second kappa shape index (κ2) is 6.70. The number of ether oxygens (including phenoxy) is 1. The molecule has 1 aliphatic rings. The number of thiophene rings is 1. The van der Waals surface area contributed by atoms with Crippen LogP contribution in [0.4, 0.5) is 5.82 Å². The number of carbonyl (C=O) groups is 1. The van der Waals surface area contributed by atoms with E-state index >= 15 is 0 Å². The van der Waals surface area contributed by atoms with E-state index < -0.39 is 0 Å². The Morgan fingerprint density at radius 3 is 2.77 bits per heavy atom. The van der Waals surface area contributed by atoms with E-state index in [0.29, 0.717) is 17.3 Å². The van der Waals surface area contributed by atoms with Crippen molar-refractivity contribution in [3.63, 3.8) is 0 Å². The predicted molar refractivity (Wildman–Crippen MR) is 104 cm³/mol. The van der Waals surface area contributed by atoms with Crippen molar-refractivity contribution in [3.8, 4) is 11.3 Å². The summed E-state index contributed by atoms with van der Waals surface area (Å²) in [6, 6.07) is 8.13. The number of hydrogen-bond donors (Lipinski definition) is 2. The number of aryl methyl sites for hydroxylation is 3. The molecule has 6 heteroatoms. The minimum absolute atomic E-state index is 0.126. The normalized spacial score (nSPS) is 13.5. The molecule has 26 heavy (non-hydrogen) atoms. The fourth-order valence-corrected chi connectivity index (χ4v) is 4.26. The lowest BCUT2D eigenvalue weighted by atomic mass is 9.99. The Morgan fingerprint density at radius 1 is 1.15 bits per heavy atom. The molecule has 3 aromatic rings. The van der Waals surface area contributed by atoms with Crippen molar-refractivity contribution in [2.75, 3.05) is 11.9 Å². The average molecular weight is 367 g/mol. The van der Waals surface area contributed by atoms with E-state index in [0.717, 1.165) is 29.8 Å². The van der Waals surface area contributed by atoms with Gasteiger partial charge in [-0.15, -0.1) is 11.3 Å². The van der Waals surface area contributed by atoms with E-state index in [1.807, 2.05) is 12.1 Å². The Balaban J connectivity index is 1.54. The summed E-state index contributed by atoms with van der Waals surface area (Å²) in [6.07, 6.45) is 0.881.